The summed E-state index contributed by atoms with van der Waals surface area (Å²) in [5, 5.41) is 15.2. The Morgan fingerprint density at radius 2 is 1.78 bits per heavy atom. The van der Waals surface area contributed by atoms with Gasteiger partial charge in [-0.15, -0.1) is 0 Å². The summed E-state index contributed by atoms with van der Waals surface area (Å²) in [5.74, 6) is 0.160. The summed E-state index contributed by atoms with van der Waals surface area (Å²) < 4.78 is 27.4. The van der Waals surface area contributed by atoms with Crippen LogP contribution in [-0.2, 0) is 15.0 Å². The third kappa shape index (κ3) is 5.54. The first-order chi connectivity index (χ1) is 17.3. The van der Waals surface area contributed by atoms with Crippen LogP contribution >= 0.6 is 0 Å². The van der Waals surface area contributed by atoms with E-state index in [2.05, 4.69) is 28.6 Å². The number of hydrogen-bond donors (Lipinski definition) is 2. The zero-order valence-corrected chi connectivity index (χ0v) is 20.9. The Morgan fingerprint density at radius 1 is 1.06 bits per heavy atom. The summed E-state index contributed by atoms with van der Waals surface area (Å²) in [7, 11) is -2.00. The highest BCUT2D eigenvalue weighted by atomic mass is 32.2. The first kappa shape index (κ1) is 25.3. The van der Waals surface area contributed by atoms with E-state index in [0.29, 0.717) is 36.7 Å². The van der Waals surface area contributed by atoms with Gasteiger partial charge in [0, 0.05) is 26.7 Å². The minimum Gasteiger partial charge on any atom is -0.309 e. The Hall–Kier alpha value is -3.78. The van der Waals surface area contributed by atoms with Crippen LogP contribution in [0.25, 0.3) is 0 Å². The highest BCUT2D eigenvalue weighted by Gasteiger charge is 2.34. The van der Waals surface area contributed by atoms with Crippen LogP contribution in [0.3, 0.4) is 0 Å². The number of carbonyl (C=O) groups is 1. The summed E-state index contributed by atoms with van der Waals surface area (Å²) in [4.78, 5) is 17.5. The third-order valence-electron chi connectivity index (χ3n) is 6.21. The van der Waals surface area contributed by atoms with Gasteiger partial charge in [0.1, 0.15) is 11.9 Å². The minimum absolute atomic E-state index is 0.106. The lowest BCUT2D eigenvalue weighted by molar-refractivity contribution is -0.118. The van der Waals surface area contributed by atoms with Gasteiger partial charge < -0.3 is 10.6 Å². The van der Waals surface area contributed by atoms with E-state index < -0.39 is 16.3 Å². The smallest absolute Gasteiger partial charge is 0.303 e. The molecule has 1 amide bonds. The highest BCUT2D eigenvalue weighted by molar-refractivity contribution is 7.90. The molecule has 3 aromatic rings. The lowest BCUT2D eigenvalue weighted by atomic mass is 9.98. The topological polar surface area (TPSA) is 118 Å². The fraction of sp³-hybridized carbons (Fsp3) is 0.269. The van der Waals surface area contributed by atoms with Gasteiger partial charge in [0.2, 0.25) is 5.91 Å². The van der Waals surface area contributed by atoms with Crippen LogP contribution in [0.4, 0.5) is 11.5 Å². The molecule has 2 N–H and O–H groups in total. The number of aromatic nitrogens is 1. The summed E-state index contributed by atoms with van der Waals surface area (Å²) in [6, 6.07) is 21.6. The lowest BCUT2D eigenvalue weighted by Gasteiger charge is -2.22. The van der Waals surface area contributed by atoms with Crippen molar-refractivity contribution in [3.8, 4) is 6.07 Å². The number of anilines is 2. The molecule has 0 aliphatic carbocycles. The van der Waals surface area contributed by atoms with Crippen LogP contribution in [0, 0.1) is 11.3 Å². The van der Waals surface area contributed by atoms with Crippen molar-refractivity contribution in [3.63, 3.8) is 0 Å². The molecule has 1 aromatic heterocycles. The number of nitrogens with zero attached hydrogens (tertiary/aromatic N) is 4. The SMILES string of the molecule is CC(CNC(C(=O)Nc1ccc(N2CCN(C)S2(=O)=O)cn1)c1ccccc1)c1ccc(C#N)cc1. The molecule has 2 atom stereocenters. The molecule has 186 valence electrons. The number of pyridine rings is 1. The average molecular weight is 505 g/mol. The zero-order chi connectivity index (χ0) is 25.7. The Kier molecular flexibility index (Phi) is 7.64. The normalized spacial score (nSPS) is 16.8. The van der Waals surface area contributed by atoms with Gasteiger partial charge >= 0.3 is 10.2 Å². The number of rotatable bonds is 8. The van der Waals surface area contributed by atoms with Crippen molar-refractivity contribution in [1.82, 2.24) is 14.6 Å². The van der Waals surface area contributed by atoms with E-state index in [0.717, 1.165) is 11.1 Å². The van der Waals surface area contributed by atoms with Crippen molar-refractivity contribution in [3.05, 3.63) is 89.6 Å². The zero-order valence-electron chi connectivity index (χ0n) is 20.1. The maximum Gasteiger partial charge on any atom is 0.303 e. The molecule has 0 saturated carbocycles. The fourth-order valence-corrected chi connectivity index (χ4v) is 5.34. The third-order valence-corrected chi connectivity index (χ3v) is 8.13. The van der Waals surface area contributed by atoms with Gasteiger partial charge in [0.25, 0.3) is 0 Å². The van der Waals surface area contributed by atoms with Crippen LogP contribution in [-0.4, -0.2) is 50.3 Å². The average Bonchev–Trinajstić information content (AvgIpc) is 3.17. The molecule has 9 nitrogen and oxygen atoms in total. The molecule has 1 saturated heterocycles. The summed E-state index contributed by atoms with van der Waals surface area (Å²) >= 11 is 0. The number of carbonyl (C=O) groups excluding carboxylic acids is 1. The quantitative estimate of drug-likeness (QED) is 0.487. The predicted molar refractivity (Wildman–Crippen MR) is 139 cm³/mol. The molecule has 1 aliphatic rings. The maximum absolute atomic E-state index is 13.3. The second kappa shape index (κ2) is 10.9. The molecular formula is C26H28N6O3S. The van der Waals surface area contributed by atoms with E-state index in [-0.39, 0.29) is 11.8 Å². The Bertz CT molecular complexity index is 1340. The number of nitrogens with one attached hydrogen (secondary N) is 2. The highest BCUT2D eigenvalue weighted by Crippen LogP contribution is 2.25. The van der Waals surface area contributed by atoms with Crippen molar-refractivity contribution in [2.24, 2.45) is 0 Å². The van der Waals surface area contributed by atoms with Crippen molar-refractivity contribution in [2.45, 2.75) is 18.9 Å². The van der Waals surface area contributed by atoms with E-state index in [1.807, 2.05) is 42.5 Å². The van der Waals surface area contributed by atoms with Crippen LogP contribution in [0.2, 0.25) is 0 Å². The molecule has 1 fully saturated rings. The summed E-state index contributed by atoms with van der Waals surface area (Å²) in [5.41, 5.74) is 2.93. The standard InChI is InChI=1S/C26H28N6O3S/c1-19(21-10-8-20(16-27)9-11-21)17-29-25(22-6-4-3-5-7-22)26(33)30-24-13-12-23(18-28-24)32-15-14-31(2)36(32,34)35/h3-13,18-19,25,29H,14-15,17H2,1-2H3,(H,28,30,33). The number of amides is 1. The Labute approximate surface area is 211 Å². The van der Waals surface area contributed by atoms with Gasteiger partial charge in [-0.3, -0.25) is 9.10 Å². The molecule has 2 aromatic carbocycles. The first-order valence-corrected chi connectivity index (χ1v) is 13.0. The van der Waals surface area contributed by atoms with Crippen LogP contribution in [0.15, 0.2) is 72.9 Å². The molecule has 0 spiro atoms. The Balaban J connectivity index is 1.46. The molecule has 10 heteroatoms. The summed E-state index contributed by atoms with van der Waals surface area (Å²) in [6.07, 6.45) is 1.45. The molecule has 0 bridgehead atoms. The van der Waals surface area contributed by atoms with Crippen LogP contribution < -0.4 is 14.9 Å². The maximum atomic E-state index is 13.3. The molecule has 36 heavy (non-hydrogen) atoms. The molecule has 2 heterocycles. The number of hydrogen-bond acceptors (Lipinski definition) is 6. The lowest BCUT2D eigenvalue weighted by Crippen LogP contribution is -2.35. The molecule has 0 radical (unpaired) electrons. The van der Waals surface area contributed by atoms with Crippen molar-refractivity contribution < 1.29 is 13.2 Å². The monoisotopic (exact) mass is 504 g/mol. The van der Waals surface area contributed by atoms with Crippen LogP contribution in [0.5, 0.6) is 0 Å². The van der Waals surface area contributed by atoms with Gasteiger partial charge in [0.15, 0.2) is 0 Å². The molecular weight excluding hydrogens is 476 g/mol. The molecule has 2 unspecified atom stereocenters. The van der Waals surface area contributed by atoms with E-state index in [4.69, 9.17) is 5.26 Å². The number of nitriles is 1. The van der Waals surface area contributed by atoms with Crippen molar-refractivity contribution >= 4 is 27.6 Å². The van der Waals surface area contributed by atoms with Gasteiger partial charge in [-0.2, -0.15) is 18.0 Å². The first-order valence-electron chi connectivity index (χ1n) is 11.6. The van der Waals surface area contributed by atoms with Crippen molar-refractivity contribution in [2.75, 3.05) is 36.3 Å². The minimum atomic E-state index is -3.53. The summed E-state index contributed by atoms with van der Waals surface area (Å²) in [6.45, 7) is 3.35. The van der Waals surface area contributed by atoms with E-state index in [1.165, 1.54) is 21.9 Å². The van der Waals surface area contributed by atoms with Gasteiger partial charge in [0.05, 0.1) is 23.5 Å². The largest absolute Gasteiger partial charge is 0.309 e. The van der Waals surface area contributed by atoms with Gasteiger partial charge in [-0.1, -0.05) is 49.4 Å². The van der Waals surface area contributed by atoms with Gasteiger partial charge in [-0.25, -0.2) is 4.98 Å². The van der Waals surface area contributed by atoms with Crippen LogP contribution in [0.1, 0.15) is 35.6 Å². The number of likely N-dealkylation sites (N-methyl/N-ethyl adjacent to an activating group) is 1. The second-order valence-electron chi connectivity index (χ2n) is 8.68. The van der Waals surface area contributed by atoms with E-state index in [1.54, 1.807) is 24.3 Å². The Morgan fingerprint density at radius 3 is 2.36 bits per heavy atom. The predicted octanol–water partition coefficient (Wildman–Crippen LogP) is 3.02. The molecule has 4 rings (SSSR count). The number of benzene rings is 2. The van der Waals surface area contributed by atoms with Crippen molar-refractivity contribution in [1.29, 1.82) is 5.26 Å². The second-order valence-corrected chi connectivity index (χ2v) is 10.6. The van der Waals surface area contributed by atoms with E-state index >= 15 is 0 Å². The fourth-order valence-electron chi connectivity index (χ4n) is 4.00. The van der Waals surface area contributed by atoms with E-state index in [9.17, 15) is 13.2 Å². The van der Waals surface area contributed by atoms with Gasteiger partial charge in [-0.05, 0) is 41.3 Å². The molecule has 1 aliphatic heterocycles.